The topological polar surface area (TPSA) is 18.5 Å². The number of rotatable bonds is 5. The fraction of sp³-hybridized carbons (Fsp3) is 1.00. The summed E-state index contributed by atoms with van der Waals surface area (Å²) in [7, 11) is 3.67. The van der Waals surface area contributed by atoms with Crippen molar-refractivity contribution in [2.75, 3.05) is 20.4 Å². The Morgan fingerprint density at radius 3 is 1.75 bits per heavy atom. The third-order valence-electron chi connectivity index (χ3n) is 1.11. The van der Waals surface area contributed by atoms with E-state index >= 15 is 0 Å². The minimum atomic E-state index is -0.0679. The molecule has 0 rings (SSSR count). The molecule has 0 aliphatic heterocycles. The number of ether oxygens (including phenoxy) is 1. The third kappa shape index (κ3) is 31.6. The van der Waals surface area contributed by atoms with E-state index in [9.17, 15) is 0 Å². The maximum absolute atomic E-state index is 4.84. The average Bonchev–Trinajstić information content (AvgIpc) is 2.04. The van der Waals surface area contributed by atoms with E-state index in [1.165, 1.54) is 12.1 Å². The zero-order valence-electron chi connectivity index (χ0n) is 8.35. The first-order valence-corrected chi connectivity index (χ1v) is 7.89. The molecule has 0 amide bonds. The molecule has 0 N–H and O–H groups in total. The molecule has 0 saturated carbocycles. The van der Waals surface area contributed by atoms with Gasteiger partial charge < -0.3 is 9.16 Å². The molecule has 12 heavy (non-hydrogen) atoms. The highest BCUT2D eigenvalue weighted by atomic mass is 28.2. The SMILES string of the molecule is C.CC[SiH2]COC.CC[SiH2]OC. The van der Waals surface area contributed by atoms with E-state index in [0.717, 1.165) is 6.23 Å². The van der Waals surface area contributed by atoms with E-state index in [1.54, 1.807) is 14.2 Å². The predicted molar refractivity (Wildman–Crippen MR) is 63.7 cm³/mol. The fourth-order valence-electron chi connectivity index (χ4n) is 0.493. The molecule has 78 valence electrons. The Morgan fingerprint density at radius 1 is 1.08 bits per heavy atom. The molecule has 0 aromatic rings. The molecule has 2 nitrogen and oxygen atoms in total. The van der Waals surface area contributed by atoms with Crippen LogP contribution in [0, 0.1) is 0 Å². The summed E-state index contributed by atoms with van der Waals surface area (Å²) < 4.78 is 9.67. The first kappa shape index (κ1) is 18.2. The molecular weight excluding hydrogens is 184 g/mol. The summed E-state index contributed by atoms with van der Waals surface area (Å²) in [6.45, 7) is 4.36. The molecule has 4 heteroatoms. The van der Waals surface area contributed by atoms with Gasteiger partial charge in [0, 0.05) is 20.4 Å². The van der Waals surface area contributed by atoms with Crippen LogP contribution < -0.4 is 0 Å². The summed E-state index contributed by atoms with van der Waals surface area (Å²) in [5.41, 5.74) is 0. The van der Waals surface area contributed by atoms with Gasteiger partial charge in [0.15, 0.2) is 9.76 Å². The summed E-state index contributed by atoms with van der Waals surface area (Å²) in [5, 5.41) is 0. The highest BCUT2D eigenvalue weighted by Gasteiger charge is 1.76. The van der Waals surface area contributed by atoms with E-state index in [4.69, 9.17) is 9.16 Å². The average molecular weight is 210 g/mol. The Kier molecular flexibility index (Phi) is 34.1. The van der Waals surface area contributed by atoms with Crippen LogP contribution in [0.3, 0.4) is 0 Å². The van der Waals surface area contributed by atoms with Crippen LogP contribution >= 0.6 is 0 Å². The normalized spacial score (nSPS) is 10.0. The molecule has 0 aliphatic rings. The molecule has 0 radical (unpaired) electrons. The minimum absolute atomic E-state index is 0. The van der Waals surface area contributed by atoms with Crippen molar-refractivity contribution in [2.45, 2.75) is 33.4 Å². The van der Waals surface area contributed by atoms with Gasteiger partial charge in [-0.25, -0.2) is 0 Å². The van der Waals surface area contributed by atoms with Gasteiger partial charge in [0.25, 0.3) is 0 Å². The molecular formula is C8H26O2Si2. The Hall–Kier alpha value is 0.354. The summed E-state index contributed by atoms with van der Waals surface area (Å²) in [6.07, 6.45) is 1.05. The second kappa shape index (κ2) is 22.5. The van der Waals surface area contributed by atoms with Gasteiger partial charge in [0.2, 0.25) is 0 Å². The van der Waals surface area contributed by atoms with E-state index in [1.807, 2.05) is 0 Å². The molecule has 0 spiro atoms. The van der Waals surface area contributed by atoms with Crippen LogP contribution in [0.15, 0.2) is 0 Å². The van der Waals surface area contributed by atoms with Crippen LogP contribution in [0.1, 0.15) is 21.3 Å². The lowest BCUT2D eigenvalue weighted by Gasteiger charge is -1.88. The molecule has 0 fully saturated rings. The van der Waals surface area contributed by atoms with E-state index in [0.29, 0.717) is 0 Å². The van der Waals surface area contributed by atoms with Gasteiger partial charge in [-0.15, -0.1) is 0 Å². The van der Waals surface area contributed by atoms with E-state index in [2.05, 4.69) is 13.8 Å². The Labute approximate surface area is 82.8 Å². The number of methoxy groups -OCH3 is 1. The summed E-state index contributed by atoms with van der Waals surface area (Å²) in [6, 6.07) is 2.63. The van der Waals surface area contributed by atoms with Crippen LogP contribution in [0.2, 0.25) is 12.1 Å². The van der Waals surface area contributed by atoms with Crippen molar-refractivity contribution in [3.8, 4) is 0 Å². The van der Waals surface area contributed by atoms with Gasteiger partial charge in [0.1, 0.15) is 0 Å². The van der Waals surface area contributed by atoms with Crippen LogP contribution in [0.5, 0.6) is 0 Å². The van der Waals surface area contributed by atoms with E-state index < -0.39 is 0 Å². The number of hydrogen-bond donors (Lipinski definition) is 0. The zero-order chi connectivity index (χ0) is 8.95. The van der Waals surface area contributed by atoms with Crippen LogP contribution in [-0.2, 0) is 9.16 Å². The Balaban J connectivity index is -0.000000126. The zero-order valence-corrected chi connectivity index (χ0v) is 11.2. The lowest BCUT2D eigenvalue weighted by atomic mass is 11.0. The first-order valence-electron chi connectivity index (χ1n) is 4.31. The van der Waals surface area contributed by atoms with Crippen molar-refractivity contribution in [1.29, 1.82) is 0 Å². The molecule has 0 aliphatic carbocycles. The maximum Gasteiger partial charge on any atom is 0.160 e. The third-order valence-corrected chi connectivity index (χ3v) is 3.33. The van der Waals surface area contributed by atoms with Crippen molar-refractivity contribution >= 4 is 19.3 Å². The fourth-order valence-corrected chi connectivity index (χ4v) is 1.48. The van der Waals surface area contributed by atoms with Gasteiger partial charge >= 0.3 is 0 Å². The van der Waals surface area contributed by atoms with Crippen LogP contribution in [0.4, 0.5) is 0 Å². The van der Waals surface area contributed by atoms with Crippen molar-refractivity contribution in [2.24, 2.45) is 0 Å². The lowest BCUT2D eigenvalue weighted by Crippen LogP contribution is -1.96. The highest BCUT2D eigenvalue weighted by molar-refractivity contribution is 6.34. The van der Waals surface area contributed by atoms with Gasteiger partial charge in [-0.2, -0.15) is 0 Å². The molecule has 0 saturated heterocycles. The monoisotopic (exact) mass is 210 g/mol. The Bertz CT molecular complexity index is 48.3. The van der Waals surface area contributed by atoms with Crippen molar-refractivity contribution in [3.63, 3.8) is 0 Å². The molecule has 0 bridgehead atoms. The lowest BCUT2D eigenvalue weighted by molar-refractivity contribution is 0.251. The van der Waals surface area contributed by atoms with Crippen molar-refractivity contribution in [1.82, 2.24) is 0 Å². The van der Waals surface area contributed by atoms with Gasteiger partial charge in [-0.3, -0.25) is 0 Å². The summed E-state index contributed by atoms with van der Waals surface area (Å²) in [4.78, 5) is 0. The van der Waals surface area contributed by atoms with Crippen molar-refractivity contribution < 1.29 is 9.16 Å². The summed E-state index contributed by atoms with van der Waals surface area (Å²) >= 11 is 0. The number of hydrogen-bond acceptors (Lipinski definition) is 2. The highest BCUT2D eigenvalue weighted by Crippen LogP contribution is 1.71. The first-order chi connectivity index (χ1) is 5.33. The predicted octanol–water partition coefficient (Wildman–Crippen LogP) is 0.988. The standard InChI is InChI=1S/C4H12OSi.C3H10OSi.CH4/c1-3-6-4-5-2;1-3-5-4-2;/h3-4,6H2,1-2H3;3,5H2,1-2H3;1H4. The molecule has 0 unspecified atom stereocenters. The van der Waals surface area contributed by atoms with Gasteiger partial charge in [-0.05, 0) is 6.04 Å². The molecule has 0 atom stereocenters. The van der Waals surface area contributed by atoms with Crippen LogP contribution in [0.25, 0.3) is 0 Å². The smallest absolute Gasteiger partial charge is 0.160 e. The van der Waals surface area contributed by atoms with Gasteiger partial charge in [0.05, 0.1) is 9.52 Å². The summed E-state index contributed by atoms with van der Waals surface area (Å²) in [5.74, 6) is 0. The quantitative estimate of drug-likeness (QED) is 0.498. The minimum Gasteiger partial charge on any atom is -0.427 e. The largest absolute Gasteiger partial charge is 0.427 e. The molecule has 0 aromatic heterocycles. The molecule has 0 heterocycles. The van der Waals surface area contributed by atoms with Crippen molar-refractivity contribution in [3.05, 3.63) is 0 Å². The second-order valence-corrected chi connectivity index (χ2v) is 6.44. The van der Waals surface area contributed by atoms with Gasteiger partial charge in [-0.1, -0.05) is 27.3 Å². The van der Waals surface area contributed by atoms with E-state index in [-0.39, 0.29) is 26.7 Å². The molecule has 0 aromatic carbocycles. The van der Waals surface area contributed by atoms with Crippen LogP contribution in [-0.4, -0.2) is 39.7 Å². The Morgan fingerprint density at radius 2 is 1.67 bits per heavy atom. The maximum atomic E-state index is 4.84. The second-order valence-electron chi connectivity index (χ2n) is 2.34.